The standard InChI is InChI=1S/C15H22N4S/c1-10(2)7-16-8-13-5-11(3)17-14(19-13)6-15-18-12(4)9-20-15/h5,9-10,16H,6-8H2,1-4H3. The van der Waals surface area contributed by atoms with Crippen LogP contribution in [-0.4, -0.2) is 21.5 Å². The zero-order valence-electron chi connectivity index (χ0n) is 12.6. The first kappa shape index (κ1) is 15.1. The average Bonchev–Trinajstić information content (AvgIpc) is 2.73. The molecular formula is C15H22N4S. The Morgan fingerprint density at radius 1 is 1.15 bits per heavy atom. The number of aromatic nitrogens is 3. The Morgan fingerprint density at radius 3 is 2.60 bits per heavy atom. The largest absolute Gasteiger partial charge is 0.311 e. The van der Waals surface area contributed by atoms with Crippen LogP contribution in [0.25, 0.3) is 0 Å². The maximum Gasteiger partial charge on any atom is 0.135 e. The van der Waals surface area contributed by atoms with Crippen LogP contribution in [0, 0.1) is 19.8 Å². The number of nitrogens with zero attached hydrogens (tertiary/aromatic N) is 3. The second-order valence-corrected chi connectivity index (χ2v) is 6.44. The molecule has 0 spiro atoms. The third kappa shape index (κ3) is 4.65. The molecule has 20 heavy (non-hydrogen) atoms. The molecule has 0 fully saturated rings. The monoisotopic (exact) mass is 290 g/mol. The van der Waals surface area contributed by atoms with Gasteiger partial charge >= 0.3 is 0 Å². The van der Waals surface area contributed by atoms with E-state index in [1.165, 1.54) is 0 Å². The van der Waals surface area contributed by atoms with Crippen molar-refractivity contribution in [1.82, 2.24) is 20.3 Å². The van der Waals surface area contributed by atoms with Crippen molar-refractivity contribution in [3.8, 4) is 0 Å². The van der Waals surface area contributed by atoms with Crippen LogP contribution in [0.5, 0.6) is 0 Å². The van der Waals surface area contributed by atoms with E-state index in [2.05, 4.69) is 39.5 Å². The van der Waals surface area contributed by atoms with Crippen molar-refractivity contribution in [3.63, 3.8) is 0 Å². The van der Waals surface area contributed by atoms with Gasteiger partial charge in [-0.05, 0) is 32.4 Å². The number of rotatable bonds is 6. The Labute approximate surface area is 124 Å². The molecule has 0 aliphatic heterocycles. The second kappa shape index (κ2) is 6.90. The van der Waals surface area contributed by atoms with Gasteiger partial charge in [-0.2, -0.15) is 0 Å². The van der Waals surface area contributed by atoms with Gasteiger partial charge in [0.15, 0.2) is 0 Å². The maximum absolute atomic E-state index is 4.63. The van der Waals surface area contributed by atoms with E-state index < -0.39 is 0 Å². The van der Waals surface area contributed by atoms with Crippen LogP contribution in [0.15, 0.2) is 11.4 Å². The van der Waals surface area contributed by atoms with Gasteiger partial charge in [-0.15, -0.1) is 11.3 Å². The van der Waals surface area contributed by atoms with E-state index in [4.69, 9.17) is 0 Å². The van der Waals surface area contributed by atoms with Crippen LogP contribution >= 0.6 is 11.3 Å². The van der Waals surface area contributed by atoms with E-state index in [1.807, 2.05) is 19.9 Å². The molecule has 4 nitrogen and oxygen atoms in total. The summed E-state index contributed by atoms with van der Waals surface area (Å²) >= 11 is 1.67. The fourth-order valence-electron chi connectivity index (χ4n) is 1.98. The molecule has 0 aliphatic rings. The van der Waals surface area contributed by atoms with Crippen molar-refractivity contribution in [2.24, 2.45) is 5.92 Å². The minimum Gasteiger partial charge on any atom is -0.311 e. The third-order valence-electron chi connectivity index (χ3n) is 2.79. The predicted molar refractivity (Wildman–Crippen MR) is 83.0 cm³/mol. The molecule has 2 heterocycles. The summed E-state index contributed by atoms with van der Waals surface area (Å²) in [4.78, 5) is 13.6. The summed E-state index contributed by atoms with van der Waals surface area (Å²) in [6.45, 7) is 10.2. The van der Waals surface area contributed by atoms with E-state index >= 15 is 0 Å². The smallest absolute Gasteiger partial charge is 0.135 e. The van der Waals surface area contributed by atoms with Gasteiger partial charge in [-0.3, -0.25) is 0 Å². The summed E-state index contributed by atoms with van der Waals surface area (Å²) < 4.78 is 0. The van der Waals surface area contributed by atoms with E-state index in [0.29, 0.717) is 5.92 Å². The molecule has 0 saturated heterocycles. The molecule has 0 saturated carbocycles. The summed E-state index contributed by atoms with van der Waals surface area (Å²) in [5, 5.41) is 6.56. The van der Waals surface area contributed by atoms with Gasteiger partial charge in [-0.1, -0.05) is 13.8 Å². The number of hydrogen-bond donors (Lipinski definition) is 1. The van der Waals surface area contributed by atoms with Gasteiger partial charge in [0.25, 0.3) is 0 Å². The molecule has 2 rings (SSSR count). The highest BCUT2D eigenvalue weighted by Gasteiger charge is 2.06. The van der Waals surface area contributed by atoms with Gasteiger partial charge in [0.05, 0.1) is 12.1 Å². The highest BCUT2D eigenvalue weighted by atomic mass is 32.1. The normalized spacial score (nSPS) is 11.2. The molecule has 0 aromatic carbocycles. The highest BCUT2D eigenvalue weighted by Crippen LogP contribution is 2.13. The summed E-state index contributed by atoms with van der Waals surface area (Å²) in [6.07, 6.45) is 0.720. The molecule has 0 atom stereocenters. The Kier molecular flexibility index (Phi) is 5.20. The molecule has 0 radical (unpaired) electrons. The third-order valence-corrected chi connectivity index (χ3v) is 3.75. The van der Waals surface area contributed by atoms with Gasteiger partial charge in [-0.25, -0.2) is 15.0 Å². The Balaban J connectivity index is 2.04. The zero-order chi connectivity index (χ0) is 14.5. The summed E-state index contributed by atoms with van der Waals surface area (Å²) in [5.74, 6) is 1.51. The zero-order valence-corrected chi connectivity index (χ0v) is 13.4. The molecule has 0 bridgehead atoms. The molecule has 0 unspecified atom stereocenters. The van der Waals surface area contributed by atoms with Crippen LogP contribution in [0.3, 0.4) is 0 Å². The summed E-state index contributed by atoms with van der Waals surface area (Å²) in [7, 11) is 0. The van der Waals surface area contributed by atoms with Crippen molar-refractivity contribution in [3.05, 3.63) is 39.4 Å². The Hall–Kier alpha value is -1.33. The maximum atomic E-state index is 4.63. The number of aryl methyl sites for hydroxylation is 2. The first-order valence-corrected chi connectivity index (χ1v) is 7.86. The van der Waals surface area contributed by atoms with E-state index in [9.17, 15) is 0 Å². The lowest BCUT2D eigenvalue weighted by atomic mass is 10.2. The van der Waals surface area contributed by atoms with Crippen molar-refractivity contribution in [2.45, 2.75) is 40.7 Å². The quantitative estimate of drug-likeness (QED) is 0.889. The lowest BCUT2D eigenvalue weighted by Gasteiger charge is -2.08. The predicted octanol–water partition coefficient (Wildman–Crippen LogP) is 2.89. The van der Waals surface area contributed by atoms with Gasteiger partial charge in [0, 0.05) is 23.3 Å². The van der Waals surface area contributed by atoms with Crippen LogP contribution in [0.1, 0.15) is 41.8 Å². The first-order chi connectivity index (χ1) is 9.52. The Morgan fingerprint density at radius 2 is 1.95 bits per heavy atom. The van der Waals surface area contributed by atoms with E-state index in [0.717, 1.165) is 47.4 Å². The van der Waals surface area contributed by atoms with Gasteiger partial charge in [0.2, 0.25) is 0 Å². The van der Waals surface area contributed by atoms with Crippen molar-refractivity contribution >= 4 is 11.3 Å². The topological polar surface area (TPSA) is 50.7 Å². The fraction of sp³-hybridized carbons (Fsp3) is 0.533. The lowest BCUT2D eigenvalue weighted by Crippen LogP contribution is -2.20. The number of hydrogen-bond acceptors (Lipinski definition) is 5. The summed E-state index contributed by atoms with van der Waals surface area (Å²) in [6, 6.07) is 2.05. The van der Waals surface area contributed by atoms with Crippen molar-refractivity contribution < 1.29 is 0 Å². The summed E-state index contributed by atoms with van der Waals surface area (Å²) in [5.41, 5.74) is 3.14. The molecule has 108 valence electrons. The number of thiazole rings is 1. The van der Waals surface area contributed by atoms with Crippen LogP contribution in [-0.2, 0) is 13.0 Å². The molecule has 5 heteroatoms. The van der Waals surface area contributed by atoms with Crippen LogP contribution < -0.4 is 5.32 Å². The second-order valence-electron chi connectivity index (χ2n) is 5.50. The van der Waals surface area contributed by atoms with E-state index in [-0.39, 0.29) is 0 Å². The van der Waals surface area contributed by atoms with Gasteiger partial charge < -0.3 is 5.32 Å². The molecule has 0 aliphatic carbocycles. The molecule has 2 aromatic heterocycles. The van der Waals surface area contributed by atoms with Crippen LogP contribution in [0.2, 0.25) is 0 Å². The minimum atomic E-state index is 0.649. The SMILES string of the molecule is Cc1cc(CNCC(C)C)nc(Cc2nc(C)cs2)n1. The fourth-order valence-corrected chi connectivity index (χ4v) is 2.75. The first-order valence-electron chi connectivity index (χ1n) is 6.98. The Bertz CT molecular complexity index is 563. The van der Waals surface area contributed by atoms with Crippen molar-refractivity contribution in [1.29, 1.82) is 0 Å². The lowest BCUT2D eigenvalue weighted by molar-refractivity contribution is 0.547. The average molecular weight is 290 g/mol. The van der Waals surface area contributed by atoms with Crippen molar-refractivity contribution in [2.75, 3.05) is 6.54 Å². The van der Waals surface area contributed by atoms with Crippen LogP contribution in [0.4, 0.5) is 0 Å². The molecule has 1 N–H and O–H groups in total. The van der Waals surface area contributed by atoms with Gasteiger partial charge in [0.1, 0.15) is 10.8 Å². The van der Waals surface area contributed by atoms with E-state index in [1.54, 1.807) is 11.3 Å². The molecule has 0 amide bonds. The minimum absolute atomic E-state index is 0.649. The highest BCUT2D eigenvalue weighted by molar-refractivity contribution is 7.09. The molecule has 2 aromatic rings. The molecular weight excluding hydrogens is 268 g/mol. The number of nitrogens with one attached hydrogen (secondary N) is 1.